The number of halogens is 5. The van der Waals surface area contributed by atoms with Crippen molar-refractivity contribution in [3.63, 3.8) is 0 Å². The van der Waals surface area contributed by atoms with Gasteiger partial charge in [0.15, 0.2) is 0 Å². The van der Waals surface area contributed by atoms with Crippen LogP contribution in [0, 0.1) is 41.5 Å². The van der Waals surface area contributed by atoms with Crippen molar-refractivity contribution in [1.29, 1.82) is 0 Å². The highest BCUT2D eigenvalue weighted by molar-refractivity contribution is 6.31. The zero-order chi connectivity index (χ0) is 52.7. The Kier molecular flexibility index (Phi) is 16.0. The first-order chi connectivity index (χ1) is 34.6. The Morgan fingerprint density at radius 2 is 0.945 bits per heavy atom. The lowest BCUT2D eigenvalue weighted by Crippen LogP contribution is -2.19. The number of nitrogens with zero attached hydrogens (tertiary/aromatic N) is 12. The Morgan fingerprint density at radius 3 is 1.36 bits per heavy atom. The standard InChI is InChI=1S/C24H20ClF3N6O2.C16H17N5O.C10H11ClN4/c1-13-22(14(2)34(3)33-13)20-11-21(30-12-29-20)36-17-7-4-15(5-8-17)31-23(35)32-16-6-9-19(25)18(10-16)24(26,27)28;1-10-16(11(2)21(3)20-10)14-8-15(19-9-18-14)22-13-6-4-12(17)5-7-13;1-6-10(7(2)15(3)14-6)8-4-9(11)13-5-12-8/h4-12H,1-3H3,(H2,31,32,35);4-9H,17H2,1-3H3;4-5H,1-3H3. The number of nitrogens with one attached hydrogen (secondary N) is 2. The Hall–Kier alpha value is -8.43. The second kappa shape index (κ2) is 22.3. The van der Waals surface area contributed by atoms with Crippen LogP contribution in [0.1, 0.15) is 39.7 Å². The van der Waals surface area contributed by atoms with Crippen molar-refractivity contribution in [3.8, 4) is 57.0 Å². The Morgan fingerprint density at radius 1 is 0.548 bits per heavy atom. The van der Waals surface area contributed by atoms with Gasteiger partial charge in [-0.05, 0) is 108 Å². The molecular weight excluding hydrogens is 987 g/mol. The topological polar surface area (TPSA) is 216 Å². The van der Waals surface area contributed by atoms with Gasteiger partial charge in [-0.2, -0.15) is 28.5 Å². The molecule has 0 saturated heterocycles. The summed E-state index contributed by atoms with van der Waals surface area (Å²) in [6, 6.07) is 21.2. The second-order valence-electron chi connectivity index (χ2n) is 16.3. The molecule has 376 valence electrons. The third kappa shape index (κ3) is 12.9. The van der Waals surface area contributed by atoms with Crippen molar-refractivity contribution >= 4 is 46.3 Å². The van der Waals surface area contributed by atoms with Crippen molar-refractivity contribution in [1.82, 2.24) is 59.2 Å². The normalized spacial score (nSPS) is 11.0. The fraction of sp³-hybridized carbons (Fsp3) is 0.200. The molecule has 0 fully saturated rings. The van der Waals surface area contributed by atoms with Gasteiger partial charge >= 0.3 is 12.2 Å². The lowest BCUT2D eigenvalue weighted by Gasteiger charge is -2.12. The first-order valence-corrected chi connectivity index (χ1v) is 22.8. The SMILES string of the molecule is Cc1nn(C)c(C)c1-c1cc(Cl)ncn1.Cc1nn(C)c(C)c1-c1cc(Oc2ccc(N)cc2)ncn1.Cc1nn(C)c(C)c1-c1cc(Oc2ccc(NC(=O)Nc3ccc(Cl)c(C(F)(F)F)c3)cc2)ncn1. The van der Waals surface area contributed by atoms with Gasteiger partial charge in [-0.15, -0.1) is 0 Å². The van der Waals surface area contributed by atoms with Crippen LogP contribution in [0.15, 0.2) is 104 Å². The number of anilines is 3. The Bertz CT molecular complexity index is 3410. The van der Waals surface area contributed by atoms with E-state index in [4.69, 9.17) is 38.4 Å². The fourth-order valence-electron chi connectivity index (χ4n) is 7.46. The largest absolute Gasteiger partial charge is 0.439 e. The van der Waals surface area contributed by atoms with Gasteiger partial charge < -0.3 is 25.8 Å². The number of hydrogen-bond acceptors (Lipinski definition) is 13. The maximum Gasteiger partial charge on any atom is 0.417 e. The Balaban J connectivity index is 0.000000178. The maximum absolute atomic E-state index is 13.0. The summed E-state index contributed by atoms with van der Waals surface area (Å²) in [5.41, 5.74) is 16.7. The summed E-state index contributed by atoms with van der Waals surface area (Å²) in [4.78, 5) is 37.3. The molecule has 6 heterocycles. The number of nitrogen functional groups attached to an aromatic ring is 1. The van der Waals surface area contributed by atoms with Gasteiger partial charge in [0.25, 0.3) is 0 Å². The summed E-state index contributed by atoms with van der Waals surface area (Å²) in [6.45, 7) is 11.8. The van der Waals surface area contributed by atoms with E-state index < -0.39 is 22.8 Å². The third-order valence-corrected chi connectivity index (χ3v) is 11.7. The molecule has 0 bridgehead atoms. The minimum absolute atomic E-state index is 0.0529. The molecule has 3 aromatic carbocycles. The van der Waals surface area contributed by atoms with Crippen LogP contribution >= 0.6 is 23.2 Å². The molecule has 0 aliphatic heterocycles. The van der Waals surface area contributed by atoms with Gasteiger partial charge in [-0.25, -0.2) is 34.7 Å². The maximum atomic E-state index is 13.0. The van der Waals surface area contributed by atoms with Gasteiger partial charge in [0, 0.05) is 90.2 Å². The molecule has 23 heteroatoms. The van der Waals surface area contributed by atoms with Crippen LogP contribution in [0.3, 0.4) is 0 Å². The molecule has 0 atom stereocenters. The number of benzene rings is 3. The molecule has 4 N–H and O–H groups in total. The summed E-state index contributed by atoms with van der Waals surface area (Å²) < 4.78 is 56.1. The van der Waals surface area contributed by atoms with Gasteiger partial charge in [0.2, 0.25) is 11.8 Å². The van der Waals surface area contributed by atoms with E-state index >= 15 is 0 Å². The van der Waals surface area contributed by atoms with E-state index in [1.165, 1.54) is 25.0 Å². The number of carbonyl (C=O) groups excluding carboxylic acids is 1. The number of alkyl halides is 3. The van der Waals surface area contributed by atoms with Crippen LogP contribution in [-0.4, -0.2) is 65.3 Å². The van der Waals surface area contributed by atoms with Crippen LogP contribution in [0.4, 0.5) is 35.0 Å². The quantitative estimate of drug-likeness (QED) is 0.0907. The molecule has 0 aliphatic rings. The minimum atomic E-state index is -4.64. The zero-order valence-electron chi connectivity index (χ0n) is 40.9. The predicted molar refractivity (Wildman–Crippen MR) is 273 cm³/mol. The van der Waals surface area contributed by atoms with Crippen molar-refractivity contribution in [2.24, 2.45) is 21.1 Å². The smallest absolute Gasteiger partial charge is 0.417 e. The molecule has 0 unspecified atom stereocenters. The summed E-state index contributed by atoms with van der Waals surface area (Å²) in [5, 5.41) is 18.0. The van der Waals surface area contributed by atoms with Crippen molar-refractivity contribution in [3.05, 3.63) is 154 Å². The highest BCUT2D eigenvalue weighted by atomic mass is 35.5. The average Bonchev–Trinajstić information content (AvgIpc) is 3.87. The highest BCUT2D eigenvalue weighted by Gasteiger charge is 2.33. The van der Waals surface area contributed by atoms with Crippen LogP contribution in [0.25, 0.3) is 33.8 Å². The summed E-state index contributed by atoms with van der Waals surface area (Å²) >= 11 is 11.4. The zero-order valence-corrected chi connectivity index (χ0v) is 42.4. The number of carbonyl (C=O) groups is 1. The molecule has 18 nitrogen and oxygen atoms in total. The number of urea groups is 1. The number of aromatic nitrogens is 12. The molecule has 0 saturated carbocycles. The third-order valence-electron chi connectivity index (χ3n) is 11.2. The van der Waals surface area contributed by atoms with Gasteiger partial charge in [-0.3, -0.25) is 14.0 Å². The van der Waals surface area contributed by atoms with E-state index in [1.54, 1.807) is 65.3 Å². The first-order valence-electron chi connectivity index (χ1n) is 22.0. The van der Waals surface area contributed by atoms with E-state index in [9.17, 15) is 18.0 Å². The van der Waals surface area contributed by atoms with E-state index in [-0.39, 0.29) is 5.69 Å². The lowest BCUT2D eigenvalue weighted by molar-refractivity contribution is -0.137. The van der Waals surface area contributed by atoms with Crippen molar-refractivity contribution < 1.29 is 27.4 Å². The number of ether oxygens (including phenoxy) is 2. The fourth-order valence-corrected chi connectivity index (χ4v) is 7.84. The average molecular weight is 1030 g/mol. The predicted octanol–water partition coefficient (Wildman–Crippen LogP) is 11.6. The monoisotopic (exact) mass is 1030 g/mol. The lowest BCUT2D eigenvalue weighted by atomic mass is 10.1. The van der Waals surface area contributed by atoms with Crippen molar-refractivity contribution in [2.45, 2.75) is 47.7 Å². The first kappa shape index (κ1) is 52.4. The molecule has 0 radical (unpaired) electrons. The molecule has 73 heavy (non-hydrogen) atoms. The highest BCUT2D eigenvalue weighted by Crippen LogP contribution is 2.37. The summed E-state index contributed by atoms with van der Waals surface area (Å²) in [7, 11) is 5.68. The molecular formula is C50H48Cl2F3N15O3. The number of nitrogens with two attached hydrogens (primary N) is 1. The van der Waals surface area contributed by atoms with Crippen molar-refractivity contribution in [2.75, 3.05) is 16.4 Å². The van der Waals surface area contributed by atoms with Gasteiger partial charge in [0.05, 0.1) is 44.7 Å². The molecule has 2 amide bonds. The molecule has 6 aromatic heterocycles. The van der Waals surface area contributed by atoms with Crippen LogP contribution in [-0.2, 0) is 27.3 Å². The molecule has 9 rings (SSSR count). The summed E-state index contributed by atoms with van der Waals surface area (Å²) in [5.74, 6) is 1.94. The number of aryl methyl sites for hydroxylation is 6. The van der Waals surface area contributed by atoms with E-state index in [0.717, 1.165) is 74.4 Å². The van der Waals surface area contributed by atoms with Crippen LogP contribution < -0.4 is 25.8 Å². The number of hydrogen-bond donors (Lipinski definition) is 3. The number of amides is 2. The van der Waals surface area contributed by atoms with E-state index in [0.29, 0.717) is 45.5 Å². The van der Waals surface area contributed by atoms with Gasteiger partial charge in [-0.1, -0.05) is 23.2 Å². The second-order valence-corrected chi connectivity index (χ2v) is 17.1. The van der Waals surface area contributed by atoms with Crippen LogP contribution in [0.2, 0.25) is 10.2 Å². The van der Waals surface area contributed by atoms with Gasteiger partial charge in [0.1, 0.15) is 35.6 Å². The van der Waals surface area contributed by atoms with E-state index in [1.807, 2.05) is 78.1 Å². The number of rotatable bonds is 9. The Labute approximate surface area is 427 Å². The summed E-state index contributed by atoms with van der Waals surface area (Å²) in [6.07, 6.45) is -0.281. The van der Waals surface area contributed by atoms with E-state index in [2.05, 4.69) is 55.8 Å². The molecule has 0 aliphatic carbocycles. The molecule has 0 spiro atoms. The molecule has 9 aromatic rings. The minimum Gasteiger partial charge on any atom is -0.439 e. The van der Waals surface area contributed by atoms with Crippen LogP contribution in [0.5, 0.6) is 23.3 Å².